The lowest BCUT2D eigenvalue weighted by Crippen LogP contribution is -2.04. The van der Waals surface area contributed by atoms with E-state index in [4.69, 9.17) is 18.6 Å². The van der Waals surface area contributed by atoms with Crippen LogP contribution in [0, 0.1) is 0 Å². The van der Waals surface area contributed by atoms with E-state index < -0.39 is 5.97 Å². The molecule has 6 nitrogen and oxygen atoms in total. The van der Waals surface area contributed by atoms with E-state index in [1.165, 1.54) is 6.26 Å². The molecule has 6 heteroatoms. The van der Waals surface area contributed by atoms with Gasteiger partial charge in [0.2, 0.25) is 0 Å². The van der Waals surface area contributed by atoms with Crippen LogP contribution >= 0.6 is 0 Å². The molecule has 0 spiro atoms. The topological polar surface area (TPSA) is 70.3 Å². The summed E-state index contributed by atoms with van der Waals surface area (Å²) in [5.74, 6) is 1.37. The van der Waals surface area contributed by atoms with Gasteiger partial charge in [0.25, 0.3) is 5.90 Å². The highest BCUT2D eigenvalue weighted by atomic mass is 16.6. The number of ether oxygens (including phenoxy) is 3. The van der Waals surface area contributed by atoms with E-state index >= 15 is 0 Å². The number of rotatable bonds is 7. The molecule has 0 saturated heterocycles. The highest BCUT2D eigenvalue weighted by molar-refractivity contribution is 6.11. The molecule has 25 heavy (non-hydrogen) atoms. The Labute approximate surface area is 145 Å². The second-order valence-corrected chi connectivity index (χ2v) is 5.30. The summed E-state index contributed by atoms with van der Waals surface area (Å²) in [4.78, 5) is 16.2. The number of carbonyl (C=O) groups is 1. The van der Waals surface area contributed by atoms with Crippen LogP contribution in [0.4, 0.5) is 0 Å². The lowest BCUT2D eigenvalue weighted by molar-refractivity contribution is -0.130. The van der Waals surface area contributed by atoms with Gasteiger partial charge in [-0.25, -0.2) is 9.79 Å². The van der Waals surface area contributed by atoms with Gasteiger partial charge in [-0.05, 0) is 49.2 Å². The van der Waals surface area contributed by atoms with Crippen LogP contribution in [0.15, 0.2) is 51.7 Å². The number of carbonyl (C=O) groups excluding carboxylic acids is 1. The van der Waals surface area contributed by atoms with Crippen LogP contribution < -0.4 is 9.47 Å². The van der Waals surface area contributed by atoms with Crippen molar-refractivity contribution in [2.45, 2.75) is 20.3 Å². The molecule has 2 heterocycles. The number of hydrogen-bond donors (Lipinski definition) is 0. The fourth-order valence-electron chi connectivity index (χ4n) is 2.29. The zero-order valence-electron chi connectivity index (χ0n) is 14.2. The summed E-state index contributed by atoms with van der Waals surface area (Å²) in [5.41, 5.74) is 0.972. The molecule has 1 aromatic heterocycles. The Morgan fingerprint density at radius 3 is 2.76 bits per heavy atom. The summed E-state index contributed by atoms with van der Waals surface area (Å²) >= 11 is 0. The van der Waals surface area contributed by atoms with E-state index in [9.17, 15) is 4.79 Å². The Morgan fingerprint density at radius 1 is 1.16 bits per heavy atom. The van der Waals surface area contributed by atoms with Crippen LogP contribution in [0.5, 0.6) is 11.5 Å². The van der Waals surface area contributed by atoms with Crippen molar-refractivity contribution in [1.82, 2.24) is 0 Å². The molecule has 0 amide bonds. The first-order valence-electron chi connectivity index (χ1n) is 8.17. The Bertz CT molecular complexity index is 805. The van der Waals surface area contributed by atoms with E-state index in [1.807, 2.05) is 32.0 Å². The monoisotopic (exact) mass is 341 g/mol. The van der Waals surface area contributed by atoms with E-state index in [0.29, 0.717) is 30.5 Å². The van der Waals surface area contributed by atoms with Crippen molar-refractivity contribution in [3.8, 4) is 11.5 Å². The second-order valence-electron chi connectivity index (χ2n) is 5.30. The van der Waals surface area contributed by atoms with Gasteiger partial charge in [-0.3, -0.25) is 0 Å². The summed E-state index contributed by atoms with van der Waals surface area (Å²) in [6.07, 6.45) is 4.05. The highest BCUT2D eigenvalue weighted by Gasteiger charge is 2.25. The molecular formula is C19H19NO5. The Hall–Kier alpha value is -3.02. The Balaban J connectivity index is 1.87. The predicted octanol–water partition coefficient (Wildman–Crippen LogP) is 3.81. The van der Waals surface area contributed by atoms with Crippen molar-refractivity contribution in [2.75, 3.05) is 13.2 Å². The third-order valence-corrected chi connectivity index (χ3v) is 3.39. The van der Waals surface area contributed by atoms with Gasteiger partial charge in [0.05, 0.1) is 19.5 Å². The number of hydrogen-bond acceptors (Lipinski definition) is 6. The van der Waals surface area contributed by atoms with Gasteiger partial charge in [0.15, 0.2) is 23.0 Å². The third-order valence-electron chi connectivity index (χ3n) is 3.39. The van der Waals surface area contributed by atoms with Crippen molar-refractivity contribution in [1.29, 1.82) is 0 Å². The van der Waals surface area contributed by atoms with E-state index in [-0.39, 0.29) is 11.6 Å². The first-order chi connectivity index (χ1) is 12.2. The molecular weight excluding hydrogens is 322 g/mol. The normalized spacial score (nSPS) is 15.2. The summed E-state index contributed by atoms with van der Waals surface area (Å²) in [6, 6.07) is 8.87. The van der Waals surface area contributed by atoms with Gasteiger partial charge in [-0.2, -0.15) is 0 Å². The van der Waals surface area contributed by atoms with Crippen LogP contribution in [0.25, 0.3) is 6.08 Å². The van der Waals surface area contributed by atoms with E-state index in [0.717, 1.165) is 12.0 Å². The van der Waals surface area contributed by atoms with Gasteiger partial charge in [-0.1, -0.05) is 13.0 Å². The zero-order chi connectivity index (χ0) is 17.6. The Morgan fingerprint density at radius 2 is 2.04 bits per heavy atom. The SMILES string of the molecule is CCCOc1ccc(/C=C2\N=C(c3ccco3)OC2=O)cc1OCC. The minimum atomic E-state index is -0.518. The second kappa shape index (κ2) is 7.70. The van der Waals surface area contributed by atoms with Crippen molar-refractivity contribution >= 4 is 17.9 Å². The number of cyclic esters (lactones) is 1. The van der Waals surface area contributed by atoms with E-state index in [2.05, 4.69) is 4.99 Å². The van der Waals surface area contributed by atoms with Crippen LogP contribution in [-0.2, 0) is 9.53 Å². The minimum Gasteiger partial charge on any atom is -0.490 e. The molecule has 3 rings (SSSR count). The van der Waals surface area contributed by atoms with Gasteiger partial charge < -0.3 is 18.6 Å². The third kappa shape index (κ3) is 3.91. The highest BCUT2D eigenvalue weighted by Crippen LogP contribution is 2.30. The van der Waals surface area contributed by atoms with Crippen molar-refractivity contribution in [2.24, 2.45) is 4.99 Å². The van der Waals surface area contributed by atoms with Crippen LogP contribution in [0.3, 0.4) is 0 Å². The number of nitrogens with zero attached hydrogens (tertiary/aromatic N) is 1. The Kier molecular flexibility index (Phi) is 5.18. The first kappa shape index (κ1) is 16.8. The summed E-state index contributed by atoms with van der Waals surface area (Å²) < 4.78 is 21.6. The molecule has 130 valence electrons. The zero-order valence-corrected chi connectivity index (χ0v) is 14.2. The van der Waals surface area contributed by atoms with Crippen molar-refractivity contribution in [3.05, 3.63) is 53.6 Å². The van der Waals surface area contributed by atoms with Crippen molar-refractivity contribution < 1.29 is 23.4 Å². The number of esters is 1. The van der Waals surface area contributed by atoms with Crippen LogP contribution in [0.2, 0.25) is 0 Å². The van der Waals surface area contributed by atoms with Gasteiger partial charge in [0.1, 0.15) is 0 Å². The predicted molar refractivity (Wildman–Crippen MR) is 92.7 cm³/mol. The molecule has 0 unspecified atom stereocenters. The molecule has 1 aliphatic rings. The molecule has 1 aliphatic heterocycles. The maximum atomic E-state index is 12.0. The number of furan rings is 1. The standard InChI is InChI=1S/C19H19NO5/c1-3-9-23-15-8-7-13(12-17(15)22-4-2)11-14-19(21)25-18(20-14)16-6-5-10-24-16/h5-8,10-12H,3-4,9H2,1-2H3/b14-11-. The first-order valence-corrected chi connectivity index (χ1v) is 8.17. The van der Waals surface area contributed by atoms with Gasteiger partial charge in [-0.15, -0.1) is 0 Å². The molecule has 0 saturated carbocycles. The molecule has 0 atom stereocenters. The maximum Gasteiger partial charge on any atom is 0.363 e. The molecule has 0 aliphatic carbocycles. The summed E-state index contributed by atoms with van der Waals surface area (Å²) in [6.45, 7) is 5.08. The molecule has 0 radical (unpaired) electrons. The molecule has 2 aromatic rings. The average molecular weight is 341 g/mol. The average Bonchev–Trinajstić information content (AvgIpc) is 3.25. The summed E-state index contributed by atoms with van der Waals surface area (Å²) in [7, 11) is 0. The minimum absolute atomic E-state index is 0.161. The molecule has 0 N–H and O–H groups in total. The number of aliphatic imine (C=N–C) groups is 1. The van der Waals surface area contributed by atoms with Crippen molar-refractivity contribution in [3.63, 3.8) is 0 Å². The fourth-order valence-corrected chi connectivity index (χ4v) is 2.29. The maximum absolute atomic E-state index is 12.0. The quantitative estimate of drug-likeness (QED) is 0.566. The van der Waals surface area contributed by atoms with Gasteiger partial charge >= 0.3 is 5.97 Å². The van der Waals surface area contributed by atoms with Crippen LogP contribution in [-0.4, -0.2) is 25.1 Å². The lowest BCUT2D eigenvalue weighted by atomic mass is 10.1. The lowest BCUT2D eigenvalue weighted by Gasteiger charge is -2.12. The van der Waals surface area contributed by atoms with Crippen LogP contribution in [0.1, 0.15) is 31.6 Å². The molecule has 0 bridgehead atoms. The smallest absolute Gasteiger partial charge is 0.363 e. The summed E-state index contributed by atoms with van der Waals surface area (Å²) in [5, 5.41) is 0. The molecule has 0 fully saturated rings. The number of benzene rings is 1. The fraction of sp³-hybridized carbons (Fsp3) is 0.263. The van der Waals surface area contributed by atoms with E-state index in [1.54, 1.807) is 18.2 Å². The largest absolute Gasteiger partial charge is 0.490 e. The van der Waals surface area contributed by atoms with Gasteiger partial charge in [0, 0.05) is 0 Å². The molecule has 1 aromatic carbocycles.